The third-order valence-electron chi connectivity index (χ3n) is 2.71. The first-order valence-electron chi connectivity index (χ1n) is 5.02. The first kappa shape index (κ1) is 11.9. The quantitative estimate of drug-likeness (QED) is 0.641. The molecule has 12 heavy (non-hydrogen) atoms. The lowest BCUT2D eigenvalue weighted by Crippen LogP contribution is -2.41. The predicted octanol–water partition coefficient (Wildman–Crippen LogP) is 1.78. The third-order valence-corrected chi connectivity index (χ3v) is 2.71. The molecule has 0 saturated heterocycles. The lowest BCUT2D eigenvalue weighted by Gasteiger charge is -2.24. The number of hydrogen-bond acceptors (Lipinski definition) is 2. The minimum absolute atomic E-state index is 0.247. The Morgan fingerprint density at radius 2 is 1.75 bits per heavy atom. The molecular formula is C10H23NO. The minimum Gasteiger partial charge on any atom is -0.395 e. The maximum atomic E-state index is 8.97. The number of rotatable bonds is 6. The van der Waals surface area contributed by atoms with Gasteiger partial charge in [-0.05, 0) is 19.3 Å². The first-order valence-corrected chi connectivity index (χ1v) is 5.02. The summed E-state index contributed by atoms with van der Waals surface area (Å²) in [7, 11) is 0. The van der Waals surface area contributed by atoms with Gasteiger partial charge >= 0.3 is 0 Å². The van der Waals surface area contributed by atoms with Gasteiger partial charge in [0, 0.05) is 12.1 Å². The van der Waals surface area contributed by atoms with Crippen molar-refractivity contribution >= 4 is 0 Å². The number of hydrogen-bond donors (Lipinski definition) is 2. The Morgan fingerprint density at radius 1 is 1.17 bits per heavy atom. The molecule has 0 aromatic heterocycles. The highest BCUT2D eigenvalue weighted by molar-refractivity contribution is 4.72. The van der Waals surface area contributed by atoms with Crippen molar-refractivity contribution in [1.82, 2.24) is 5.32 Å². The van der Waals surface area contributed by atoms with Gasteiger partial charge in [0.1, 0.15) is 0 Å². The molecule has 0 saturated carbocycles. The van der Waals surface area contributed by atoms with E-state index in [0.29, 0.717) is 12.0 Å². The number of nitrogens with one attached hydrogen (secondary N) is 1. The largest absolute Gasteiger partial charge is 0.395 e. The zero-order valence-electron chi connectivity index (χ0n) is 8.80. The van der Waals surface area contributed by atoms with Crippen LogP contribution in [0.25, 0.3) is 0 Å². The Labute approximate surface area is 76.4 Å². The number of aliphatic hydroxyl groups is 1. The van der Waals surface area contributed by atoms with Crippen molar-refractivity contribution < 1.29 is 5.11 Å². The fourth-order valence-electron chi connectivity index (χ4n) is 1.19. The van der Waals surface area contributed by atoms with E-state index >= 15 is 0 Å². The Hall–Kier alpha value is -0.0800. The fraction of sp³-hybridized carbons (Fsp3) is 1.00. The van der Waals surface area contributed by atoms with Gasteiger partial charge in [-0.3, -0.25) is 0 Å². The van der Waals surface area contributed by atoms with E-state index in [9.17, 15) is 0 Å². The fourth-order valence-corrected chi connectivity index (χ4v) is 1.19. The van der Waals surface area contributed by atoms with Crippen molar-refractivity contribution in [3.05, 3.63) is 0 Å². The summed E-state index contributed by atoms with van der Waals surface area (Å²) in [5.41, 5.74) is 0. The molecule has 0 unspecified atom stereocenters. The molecule has 74 valence electrons. The summed E-state index contributed by atoms with van der Waals surface area (Å²) in [6.07, 6.45) is 2.19. The average molecular weight is 173 g/mol. The summed E-state index contributed by atoms with van der Waals surface area (Å²) < 4.78 is 0. The summed E-state index contributed by atoms with van der Waals surface area (Å²) in [6.45, 7) is 8.96. The van der Waals surface area contributed by atoms with Gasteiger partial charge in [0.15, 0.2) is 0 Å². The molecule has 0 spiro atoms. The lowest BCUT2D eigenvalue weighted by atomic mass is 10.00. The average Bonchev–Trinajstić information content (AvgIpc) is 2.12. The molecular weight excluding hydrogens is 150 g/mol. The molecule has 0 aliphatic heterocycles. The summed E-state index contributed by atoms with van der Waals surface area (Å²) in [5.74, 6) is 0.686. The van der Waals surface area contributed by atoms with Crippen LogP contribution in [0, 0.1) is 5.92 Å². The molecule has 0 aromatic carbocycles. The minimum atomic E-state index is 0.247. The second kappa shape index (κ2) is 6.44. The summed E-state index contributed by atoms with van der Waals surface area (Å²) >= 11 is 0. The molecule has 0 rings (SSSR count). The van der Waals surface area contributed by atoms with Crippen LogP contribution < -0.4 is 5.32 Å². The topological polar surface area (TPSA) is 32.3 Å². The third kappa shape index (κ3) is 4.07. The first-order chi connectivity index (χ1) is 5.65. The van der Waals surface area contributed by atoms with Gasteiger partial charge < -0.3 is 10.4 Å². The molecule has 0 amide bonds. The second-order valence-electron chi connectivity index (χ2n) is 3.63. The van der Waals surface area contributed by atoms with Crippen LogP contribution in [0.4, 0.5) is 0 Å². The molecule has 0 aliphatic carbocycles. The van der Waals surface area contributed by atoms with Crippen molar-refractivity contribution in [2.45, 2.75) is 52.6 Å². The van der Waals surface area contributed by atoms with E-state index in [2.05, 4.69) is 33.0 Å². The standard InChI is InChI=1S/C10H23NO/c1-5-8(3)9(4)11-10(6-2)7-12/h8-12H,5-7H2,1-4H3/t8-,9+,10-/m0/s1. The Morgan fingerprint density at radius 3 is 2.08 bits per heavy atom. The Bertz CT molecular complexity index is 102. The van der Waals surface area contributed by atoms with Gasteiger partial charge in [-0.2, -0.15) is 0 Å². The van der Waals surface area contributed by atoms with Gasteiger partial charge in [0.25, 0.3) is 0 Å². The smallest absolute Gasteiger partial charge is 0.0584 e. The molecule has 0 heterocycles. The maximum Gasteiger partial charge on any atom is 0.0584 e. The molecule has 0 aromatic rings. The zero-order valence-corrected chi connectivity index (χ0v) is 8.80. The van der Waals surface area contributed by atoms with Crippen molar-refractivity contribution in [1.29, 1.82) is 0 Å². The van der Waals surface area contributed by atoms with Crippen LogP contribution in [0.1, 0.15) is 40.5 Å². The highest BCUT2D eigenvalue weighted by Crippen LogP contribution is 2.07. The van der Waals surface area contributed by atoms with Crippen LogP contribution in [-0.4, -0.2) is 23.8 Å². The molecule has 0 aliphatic rings. The zero-order chi connectivity index (χ0) is 9.56. The summed E-state index contributed by atoms with van der Waals surface area (Å²) in [4.78, 5) is 0. The van der Waals surface area contributed by atoms with Crippen LogP contribution in [0.15, 0.2) is 0 Å². The normalized spacial score (nSPS) is 18.8. The van der Waals surface area contributed by atoms with E-state index < -0.39 is 0 Å². The van der Waals surface area contributed by atoms with Crippen LogP contribution in [0.5, 0.6) is 0 Å². The van der Waals surface area contributed by atoms with E-state index in [1.807, 2.05) is 0 Å². The van der Waals surface area contributed by atoms with Crippen LogP contribution >= 0.6 is 0 Å². The summed E-state index contributed by atoms with van der Waals surface area (Å²) in [6, 6.07) is 0.779. The maximum absolute atomic E-state index is 8.97. The molecule has 2 N–H and O–H groups in total. The van der Waals surface area contributed by atoms with E-state index in [0.717, 1.165) is 6.42 Å². The SMILES string of the molecule is CC[C@@H](CO)N[C@H](C)[C@@H](C)CC. The van der Waals surface area contributed by atoms with Gasteiger partial charge in [0.05, 0.1) is 6.61 Å². The second-order valence-corrected chi connectivity index (χ2v) is 3.63. The molecule has 2 nitrogen and oxygen atoms in total. The highest BCUT2D eigenvalue weighted by atomic mass is 16.3. The van der Waals surface area contributed by atoms with Crippen molar-refractivity contribution in [2.75, 3.05) is 6.61 Å². The van der Waals surface area contributed by atoms with Crippen LogP contribution in [0.2, 0.25) is 0 Å². The monoisotopic (exact) mass is 173 g/mol. The predicted molar refractivity (Wildman–Crippen MR) is 53.2 cm³/mol. The van der Waals surface area contributed by atoms with Gasteiger partial charge in [0.2, 0.25) is 0 Å². The highest BCUT2D eigenvalue weighted by Gasteiger charge is 2.13. The number of aliphatic hydroxyl groups excluding tert-OH is 1. The van der Waals surface area contributed by atoms with E-state index in [1.54, 1.807) is 0 Å². The van der Waals surface area contributed by atoms with Crippen LogP contribution in [-0.2, 0) is 0 Å². The molecule has 3 atom stereocenters. The van der Waals surface area contributed by atoms with Gasteiger partial charge in [-0.25, -0.2) is 0 Å². The lowest BCUT2D eigenvalue weighted by molar-refractivity contribution is 0.216. The van der Waals surface area contributed by atoms with E-state index in [-0.39, 0.29) is 12.6 Å². The van der Waals surface area contributed by atoms with Crippen molar-refractivity contribution in [3.63, 3.8) is 0 Å². The molecule has 2 heteroatoms. The molecule has 0 radical (unpaired) electrons. The van der Waals surface area contributed by atoms with Crippen molar-refractivity contribution in [2.24, 2.45) is 5.92 Å². The molecule has 0 fully saturated rings. The Balaban J connectivity index is 3.72. The van der Waals surface area contributed by atoms with Gasteiger partial charge in [-0.1, -0.05) is 27.2 Å². The van der Waals surface area contributed by atoms with E-state index in [1.165, 1.54) is 6.42 Å². The molecule has 0 bridgehead atoms. The van der Waals surface area contributed by atoms with E-state index in [4.69, 9.17) is 5.11 Å². The van der Waals surface area contributed by atoms with Crippen molar-refractivity contribution in [3.8, 4) is 0 Å². The Kier molecular flexibility index (Phi) is 6.39. The van der Waals surface area contributed by atoms with Crippen LogP contribution in [0.3, 0.4) is 0 Å². The summed E-state index contributed by atoms with van der Waals surface area (Å²) in [5, 5.41) is 12.4. The van der Waals surface area contributed by atoms with Gasteiger partial charge in [-0.15, -0.1) is 0 Å².